The highest BCUT2D eigenvalue weighted by molar-refractivity contribution is 6.35. The monoisotopic (exact) mass is 499 g/mol. The second-order valence-corrected chi connectivity index (χ2v) is 10.3. The molecule has 3 aliphatic heterocycles. The number of fused-ring (bicyclic) bond motifs is 4. The highest BCUT2D eigenvalue weighted by atomic mass is 35.5. The van der Waals surface area contributed by atoms with E-state index in [1.807, 2.05) is 73.7 Å². The van der Waals surface area contributed by atoms with Gasteiger partial charge in [-0.05, 0) is 42.5 Å². The molecule has 4 atom stereocenters. The van der Waals surface area contributed by atoms with Gasteiger partial charge >= 0.3 is 0 Å². The molecule has 6 rings (SSSR count). The van der Waals surface area contributed by atoms with Crippen molar-refractivity contribution in [3.8, 4) is 0 Å². The Morgan fingerprint density at radius 1 is 0.917 bits per heavy atom. The minimum atomic E-state index is -1.34. The molecule has 1 spiro atoms. The van der Waals surface area contributed by atoms with Crippen molar-refractivity contribution in [1.82, 2.24) is 10.2 Å². The van der Waals surface area contributed by atoms with Crippen LogP contribution in [-0.2, 0) is 32.8 Å². The summed E-state index contributed by atoms with van der Waals surface area (Å²) in [6.45, 7) is 2.19. The summed E-state index contributed by atoms with van der Waals surface area (Å²) >= 11 is 6.52. The SMILES string of the molecule is Cc1cc(Cl)c2c(c1)[C@@]1(N[C@@H](Cc3ccccc3)[C@H]3C(=O)N(CCc4ccccc4)C(=O)[C@H]31)C(=O)N2. The number of hydrogen-bond acceptors (Lipinski definition) is 4. The molecule has 3 amide bonds. The van der Waals surface area contributed by atoms with E-state index in [4.69, 9.17) is 11.6 Å². The number of nitrogens with zero attached hydrogens (tertiary/aromatic N) is 1. The van der Waals surface area contributed by atoms with E-state index in [9.17, 15) is 14.4 Å². The topological polar surface area (TPSA) is 78.5 Å². The summed E-state index contributed by atoms with van der Waals surface area (Å²) in [6, 6.07) is 22.9. The lowest BCUT2D eigenvalue weighted by molar-refractivity contribution is -0.142. The third-order valence-corrected chi connectivity index (χ3v) is 8.07. The molecular weight excluding hydrogens is 474 g/mol. The van der Waals surface area contributed by atoms with Crippen molar-refractivity contribution in [3.63, 3.8) is 0 Å². The van der Waals surface area contributed by atoms with Gasteiger partial charge in [0.05, 0.1) is 22.5 Å². The number of nitrogens with one attached hydrogen (secondary N) is 2. The number of imide groups is 1. The van der Waals surface area contributed by atoms with Gasteiger partial charge in [-0.15, -0.1) is 0 Å². The summed E-state index contributed by atoms with van der Waals surface area (Å²) in [5.41, 5.74) is 2.79. The number of rotatable bonds is 5. The zero-order valence-electron chi connectivity index (χ0n) is 19.8. The second kappa shape index (κ2) is 8.57. The van der Waals surface area contributed by atoms with E-state index in [0.717, 1.165) is 16.7 Å². The predicted octanol–water partition coefficient (Wildman–Crippen LogP) is 3.85. The van der Waals surface area contributed by atoms with Crippen LogP contribution < -0.4 is 10.6 Å². The minimum Gasteiger partial charge on any atom is -0.323 e. The van der Waals surface area contributed by atoms with Crippen LogP contribution in [-0.4, -0.2) is 35.2 Å². The van der Waals surface area contributed by atoms with Crippen molar-refractivity contribution < 1.29 is 14.4 Å². The fraction of sp³-hybridized carbons (Fsp3) is 0.276. The number of amides is 3. The molecule has 0 unspecified atom stereocenters. The molecule has 0 aromatic heterocycles. The van der Waals surface area contributed by atoms with Gasteiger partial charge in [0.25, 0.3) is 0 Å². The molecule has 0 aliphatic carbocycles. The highest BCUT2D eigenvalue weighted by Crippen LogP contribution is 2.54. The van der Waals surface area contributed by atoms with Crippen LogP contribution in [0, 0.1) is 18.8 Å². The first-order valence-electron chi connectivity index (χ1n) is 12.2. The molecule has 36 heavy (non-hydrogen) atoms. The van der Waals surface area contributed by atoms with Crippen molar-refractivity contribution in [1.29, 1.82) is 0 Å². The smallest absolute Gasteiger partial charge is 0.250 e. The summed E-state index contributed by atoms with van der Waals surface area (Å²) in [6.07, 6.45) is 1.09. The lowest BCUT2D eigenvalue weighted by Gasteiger charge is -2.30. The van der Waals surface area contributed by atoms with Crippen LogP contribution in [0.3, 0.4) is 0 Å². The van der Waals surface area contributed by atoms with Crippen molar-refractivity contribution in [3.05, 3.63) is 100 Å². The van der Waals surface area contributed by atoms with E-state index in [-0.39, 0.29) is 30.3 Å². The largest absolute Gasteiger partial charge is 0.323 e. The van der Waals surface area contributed by atoms with E-state index in [1.165, 1.54) is 4.90 Å². The van der Waals surface area contributed by atoms with Crippen molar-refractivity contribution in [2.45, 2.75) is 31.3 Å². The second-order valence-electron chi connectivity index (χ2n) is 9.94. The lowest BCUT2D eigenvalue weighted by atomic mass is 9.76. The third-order valence-electron chi connectivity index (χ3n) is 7.78. The normalized spacial score (nSPS) is 26.4. The summed E-state index contributed by atoms with van der Waals surface area (Å²) in [7, 11) is 0. The maximum absolute atomic E-state index is 14.0. The highest BCUT2D eigenvalue weighted by Gasteiger charge is 2.70. The fourth-order valence-electron chi connectivity index (χ4n) is 6.20. The molecular formula is C29H26ClN3O3. The number of hydrogen-bond donors (Lipinski definition) is 2. The van der Waals surface area contributed by atoms with Crippen LogP contribution >= 0.6 is 11.6 Å². The lowest BCUT2D eigenvalue weighted by Crippen LogP contribution is -2.53. The van der Waals surface area contributed by atoms with Crippen molar-refractivity contribution in [2.24, 2.45) is 11.8 Å². The van der Waals surface area contributed by atoms with Gasteiger partial charge in [0.15, 0.2) is 0 Å². The Hall–Kier alpha value is -3.48. The van der Waals surface area contributed by atoms with E-state index in [1.54, 1.807) is 6.07 Å². The molecule has 182 valence electrons. The third kappa shape index (κ3) is 3.39. The van der Waals surface area contributed by atoms with E-state index in [2.05, 4.69) is 10.6 Å². The van der Waals surface area contributed by atoms with Crippen molar-refractivity contribution >= 4 is 35.0 Å². The molecule has 2 saturated heterocycles. The molecule has 0 saturated carbocycles. The molecule has 2 N–H and O–H groups in total. The average Bonchev–Trinajstić information content (AvgIpc) is 3.44. The zero-order chi connectivity index (χ0) is 25.0. The summed E-state index contributed by atoms with van der Waals surface area (Å²) in [4.78, 5) is 42.8. The zero-order valence-corrected chi connectivity index (χ0v) is 20.6. The molecule has 3 aromatic rings. The Labute approximate surface area is 214 Å². The number of likely N-dealkylation sites (tertiary alicyclic amines) is 1. The molecule has 2 fully saturated rings. The van der Waals surface area contributed by atoms with Gasteiger partial charge in [-0.1, -0.05) is 78.3 Å². The number of anilines is 1. The molecule has 3 aromatic carbocycles. The van der Waals surface area contributed by atoms with Gasteiger partial charge in [0.2, 0.25) is 17.7 Å². The Kier molecular flexibility index (Phi) is 5.47. The molecule has 3 aliphatic rings. The molecule has 0 bridgehead atoms. The van der Waals surface area contributed by atoms with E-state index >= 15 is 0 Å². The van der Waals surface area contributed by atoms with Gasteiger partial charge in [0.1, 0.15) is 5.54 Å². The van der Waals surface area contributed by atoms with Gasteiger partial charge < -0.3 is 5.32 Å². The van der Waals surface area contributed by atoms with Crippen LogP contribution in [0.15, 0.2) is 72.8 Å². The molecule has 0 radical (unpaired) electrons. The Balaban J connectivity index is 1.42. The van der Waals surface area contributed by atoms with Gasteiger partial charge in [0, 0.05) is 18.2 Å². The predicted molar refractivity (Wildman–Crippen MR) is 137 cm³/mol. The minimum absolute atomic E-state index is 0.216. The Morgan fingerprint density at radius 2 is 1.58 bits per heavy atom. The van der Waals surface area contributed by atoms with Gasteiger partial charge in [-0.25, -0.2) is 0 Å². The van der Waals surface area contributed by atoms with Gasteiger partial charge in [-0.3, -0.25) is 24.6 Å². The molecule has 6 nitrogen and oxygen atoms in total. The van der Waals surface area contributed by atoms with E-state index in [0.29, 0.717) is 29.1 Å². The Morgan fingerprint density at radius 3 is 2.28 bits per heavy atom. The first-order chi connectivity index (χ1) is 17.4. The average molecular weight is 500 g/mol. The maximum Gasteiger partial charge on any atom is 0.250 e. The number of halogens is 1. The summed E-state index contributed by atoms with van der Waals surface area (Å²) in [5.74, 6) is -2.34. The fourth-order valence-corrected chi connectivity index (χ4v) is 6.52. The first kappa shape index (κ1) is 23.0. The number of carbonyl (C=O) groups excluding carboxylic acids is 3. The van der Waals surface area contributed by atoms with Crippen LogP contribution in [0.5, 0.6) is 0 Å². The Bertz CT molecular complexity index is 1380. The quantitative estimate of drug-likeness (QED) is 0.523. The first-order valence-corrected chi connectivity index (χ1v) is 12.6. The van der Waals surface area contributed by atoms with Gasteiger partial charge in [-0.2, -0.15) is 0 Å². The summed E-state index contributed by atoms with van der Waals surface area (Å²) in [5, 5.41) is 6.84. The van der Waals surface area contributed by atoms with Crippen LogP contribution in [0.1, 0.15) is 22.3 Å². The van der Waals surface area contributed by atoms with Crippen LogP contribution in [0.2, 0.25) is 5.02 Å². The number of carbonyl (C=O) groups is 3. The molecule has 7 heteroatoms. The summed E-state index contributed by atoms with van der Waals surface area (Å²) < 4.78 is 0. The molecule has 3 heterocycles. The van der Waals surface area contributed by atoms with Crippen molar-refractivity contribution in [2.75, 3.05) is 11.9 Å². The maximum atomic E-state index is 14.0. The van der Waals surface area contributed by atoms with Crippen LogP contribution in [0.4, 0.5) is 5.69 Å². The van der Waals surface area contributed by atoms with Crippen LogP contribution in [0.25, 0.3) is 0 Å². The van der Waals surface area contributed by atoms with E-state index < -0.39 is 17.4 Å². The standard InChI is InChI=1S/C29H26ClN3O3/c1-17-14-20-25(21(30)15-17)31-28(36)29(20)24-23(22(32-29)16-19-10-6-3-7-11-19)26(34)33(27(24)35)13-12-18-8-4-2-5-9-18/h2-11,14-15,22-24,32H,12-13,16H2,1H3,(H,31,36)/t22-,23+,24-,29-/m0/s1. The number of aryl methyl sites for hydroxylation is 1. The number of benzene rings is 3.